The van der Waals surface area contributed by atoms with Crippen molar-refractivity contribution in [2.24, 2.45) is 0 Å². The molecule has 6 heteroatoms. The molecular formula is C23H32N2O4. The van der Waals surface area contributed by atoms with Crippen LogP contribution in [0.1, 0.15) is 76.2 Å². The number of hydrogen-bond donors (Lipinski definition) is 0. The van der Waals surface area contributed by atoms with E-state index in [0.29, 0.717) is 11.1 Å². The van der Waals surface area contributed by atoms with E-state index in [2.05, 4.69) is 23.0 Å². The number of ketones is 1. The SMILES string of the molecule is Cc1cc(C(=O)COC(=O)c2cc(C)n(C(C)C)c2C)c(C)n1CC1CCCO1. The molecule has 1 atom stereocenters. The Morgan fingerprint density at radius 3 is 2.38 bits per heavy atom. The Morgan fingerprint density at radius 2 is 1.79 bits per heavy atom. The van der Waals surface area contributed by atoms with Gasteiger partial charge in [-0.2, -0.15) is 0 Å². The Labute approximate surface area is 172 Å². The van der Waals surface area contributed by atoms with Crippen molar-refractivity contribution in [1.29, 1.82) is 0 Å². The number of Topliss-reactive ketones (excluding diaryl/α,β-unsaturated/α-hetero) is 1. The van der Waals surface area contributed by atoms with Crippen molar-refractivity contribution in [2.45, 2.75) is 73.1 Å². The van der Waals surface area contributed by atoms with Crippen LogP contribution >= 0.6 is 0 Å². The van der Waals surface area contributed by atoms with E-state index in [-0.39, 0.29) is 24.5 Å². The summed E-state index contributed by atoms with van der Waals surface area (Å²) in [6.07, 6.45) is 2.34. The van der Waals surface area contributed by atoms with Crippen molar-refractivity contribution >= 4 is 11.8 Å². The van der Waals surface area contributed by atoms with E-state index in [9.17, 15) is 9.59 Å². The fraction of sp³-hybridized carbons (Fsp3) is 0.565. The van der Waals surface area contributed by atoms with Crippen LogP contribution in [-0.2, 0) is 16.0 Å². The number of carbonyl (C=O) groups is 2. The predicted molar refractivity (Wildman–Crippen MR) is 112 cm³/mol. The number of aromatic nitrogens is 2. The topological polar surface area (TPSA) is 62.5 Å². The van der Waals surface area contributed by atoms with Gasteiger partial charge in [-0.3, -0.25) is 4.79 Å². The lowest BCUT2D eigenvalue weighted by atomic mass is 10.1. The second-order valence-corrected chi connectivity index (χ2v) is 8.28. The molecule has 1 saturated heterocycles. The van der Waals surface area contributed by atoms with Gasteiger partial charge in [0.1, 0.15) is 0 Å². The molecule has 0 aliphatic carbocycles. The quantitative estimate of drug-likeness (QED) is 0.513. The molecule has 0 radical (unpaired) electrons. The van der Waals surface area contributed by atoms with E-state index >= 15 is 0 Å². The van der Waals surface area contributed by atoms with Crippen LogP contribution in [0.4, 0.5) is 0 Å². The molecule has 3 heterocycles. The second-order valence-electron chi connectivity index (χ2n) is 8.28. The highest BCUT2D eigenvalue weighted by Gasteiger charge is 2.23. The zero-order valence-corrected chi connectivity index (χ0v) is 18.4. The molecule has 1 aliphatic heterocycles. The van der Waals surface area contributed by atoms with E-state index in [1.807, 2.05) is 39.8 Å². The molecule has 0 N–H and O–H groups in total. The lowest BCUT2D eigenvalue weighted by molar-refractivity contribution is 0.0473. The summed E-state index contributed by atoms with van der Waals surface area (Å²) in [6.45, 7) is 13.3. The van der Waals surface area contributed by atoms with Crippen LogP contribution < -0.4 is 0 Å². The number of carbonyl (C=O) groups excluding carboxylic acids is 2. The van der Waals surface area contributed by atoms with Gasteiger partial charge in [0.25, 0.3) is 0 Å². The van der Waals surface area contributed by atoms with Gasteiger partial charge < -0.3 is 18.6 Å². The maximum Gasteiger partial charge on any atom is 0.340 e. The molecule has 6 nitrogen and oxygen atoms in total. The Kier molecular flexibility index (Phi) is 6.32. The fourth-order valence-electron chi connectivity index (χ4n) is 4.42. The number of esters is 1. The summed E-state index contributed by atoms with van der Waals surface area (Å²) < 4.78 is 15.3. The zero-order chi connectivity index (χ0) is 21.3. The first kappa shape index (κ1) is 21.4. The third kappa shape index (κ3) is 4.32. The molecule has 2 aromatic rings. The maximum absolute atomic E-state index is 12.7. The van der Waals surface area contributed by atoms with Crippen LogP contribution in [-0.4, -0.2) is 40.2 Å². The van der Waals surface area contributed by atoms with E-state index in [1.54, 1.807) is 0 Å². The van der Waals surface area contributed by atoms with Crippen LogP contribution in [0.15, 0.2) is 12.1 Å². The second kappa shape index (κ2) is 8.57. The van der Waals surface area contributed by atoms with Crippen LogP contribution in [0.3, 0.4) is 0 Å². The Hall–Kier alpha value is -2.34. The largest absolute Gasteiger partial charge is 0.454 e. The summed E-state index contributed by atoms with van der Waals surface area (Å²) in [6, 6.07) is 3.97. The summed E-state index contributed by atoms with van der Waals surface area (Å²) in [5.74, 6) is -0.630. The van der Waals surface area contributed by atoms with Gasteiger partial charge in [0.05, 0.1) is 11.7 Å². The first-order chi connectivity index (χ1) is 13.7. The summed E-state index contributed by atoms with van der Waals surface area (Å²) in [4.78, 5) is 25.3. The highest BCUT2D eigenvalue weighted by atomic mass is 16.5. The fourth-order valence-corrected chi connectivity index (χ4v) is 4.42. The molecule has 0 saturated carbocycles. The van der Waals surface area contributed by atoms with Gasteiger partial charge >= 0.3 is 5.97 Å². The summed E-state index contributed by atoms with van der Waals surface area (Å²) >= 11 is 0. The van der Waals surface area contributed by atoms with Gasteiger partial charge in [-0.05, 0) is 66.5 Å². The lowest BCUT2D eigenvalue weighted by Gasteiger charge is -2.15. The standard InChI is InChI=1S/C23H32N2O4/c1-14(2)25-16(4)11-21(18(25)6)23(27)29-13-22(26)20-10-15(3)24(17(20)5)12-19-8-7-9-28-19/h10-11,14,19H,7-9,12-13H2,1-6H3. The first-order valence-corrected chi connectivity index (χ1v) is 10.4. The number of aryl methyl sites for hydroxylation is 2. The molecule has 29 heavy (non-hydrogen) atoms. The van der Waals surface area contributed by atoms with E-state index in [4.69, 9.17) is 9.47 Å². The van der Waals surface area contributed by atoms with Crippen LogP contribution in [0.25, 0.3) is 0 Å². The van der Waals surface area contributed by atoms with E-state index in [0.717, 1.165) is 48.8 Å². The van der Waals surface area contributed by atoms with Gasteiger partial charge in [0.15, 0.2) is 6.61 Å². The minimum atomic E-state index is -0.452. The van der Waals surface area contributed by atoms with Gasteiger partial charge in [-0.25, -0.2) is 4.79 Å². The van der Waals surface area contributed by atoms with E-state index in [1.165, 1.54) is 0 Å². The summed E-state index contributed by atoms with van der Waals surface area (Å²) in [5.41, 5.74) is 4.93. The highest BCUT2D eigenvalue weighted by Crippen LogP contribution is 2.22. The Morgan fingerprint density at radius 1 is 1.10 bits per heavy atom. The maximum atomic E-state index is 12.7. The van der Waals surface area contributed by atoms with Crippen molar-refractivity contribution in [3.8, 4) is 0 Å². The Balaban J connectivity index is 1.68. The molecule has 1 unspecified atom stereocenters. The molecule has 158 valence electrons. The number of rotatable bonds is 7. The highest BCUT2D eigenvalue weighted by molar-refractivity contribution is 6.00. The van der Waals surface area contributed by atoms with Crippen LogP contribution in [0.2, 0.25) is 0 Å². The molecule has 0 bridgehead atoms. The Bertz CT molecular complexity index is 914. The van der Waals surface area contributed by atoms with Gasteiger partial charge in [0.2, 0.25) is 5.78 Å². The van der Waals surface area contributed by atoms with Gasteiger partial charge in [-0.1, -0.05) is 0 Å². The predicted octanol–water partition coefficient (Wildman–Crippen LogP) is 4.32. The number of hydrogen-bond acceptors (Lipinski definition) is 4. The minimum absolute atomic E-state index is 0.178. The van der Waals surface area contributed by atoms with Crippen molar-refractivity contribution in [1.82, 2.24) is 9.13 Å². The number of ether oxygens (including phenoxy) is 2. The molecule has 2 aromatic heterocycles. The molecular weight excluding hydrogens is 368 g/mol. The van der Waals surface area contributed by atoms with Crippen molar-refractivity contribution < 1.29 is 19.1 Å². The first-order valence-electron chi connectivity index (χ1n) is 10.4. The smallest absolute Gasteiger partial charge is 0.340 e. The van der Waals surface area contributed by atoms with Gasteiger partial charge in [-0.15, -0.1) is 0 Å². The molecule has 1 aliphatic rings. The summed E-state index contributed by atoms with van der Waals surface area (Å²) in [5, 5.41) is 0. The van der Waals surface area contributed by atoms with Gasteiger partial charge in [0, 0.05) is 47.5 Å². The van der Waals surface area contributed by atoms with Crippen molar-refractivity contribution in [2.75, 3.05) is 13.2 Å². The molecule has 3 rings (SSSR count). The lowest BCUT2D eigenvalue weighted by Crippen LogP contribution is -2.18. The van der Waals surface area contributed by atoms with Crippen LogP contribution in [0, 0.1) is 27.7 Å². The minimum Gasteiger partial charge on any atom is -0.454 e. The third-order valence-corrected chi connectivity index (χ3v) is 5.84. The third-order valence-electron chi connectivity index (χ3n) is 5.84. The molecule has 1 fully saturated rings. The van der Waals surface area contributed by atoms with Crippen LogP contribution in [0.5, 0.6) is 0 Å². The van der Waals surface area contributed by atoms with Crippen molar-refractivity contribution in [3.63, 3.8) is 0 Å². The average molecular weight is 401 g/mol. The van der Waals surface area contributed by atoms with E-state index < -0.39 is 5.97 Å². The number of nitrogens with zero attached hydrogens (tertiary/aromatic N) is 2. The summed E-state index contributed by atoms with van der Waals surface area (Å²) in [7, 11) is 0. The average Bonchev–Trinajstić information content (AvgIpc) is 3.34. The zero-order valence-electron chi connectivity index (χ0n) is 18.4. The van der Waals surface area contributed by atoms with Crippen molar-refractivity contribution in [3.05, 3.63) is 46.0 Å². The molecule has 0 amide bonds. The molecule has 0 spiro atoms. The monoisotopic (exact) mass is 400 g/mol. The molecule has 0 aromatic carbocycles. The normalized spacial score (nSPS) is 16.6.